The number of alkyl halides is 3. The lowest BCUT2D eigenvalue weighted by Gasteiger charge is -2.25. The maximum absolute atomic E-state index is 13.9. The lowest BCUT2D eigenvalue weighted by Crippen LogP contribution is -2.37. The van der Waals surface area contributed by atoms with Gasteiger partial charge in [-0.2, -0.15) is 13.2 Å². The van der Waals surface area contributed by atoms with Crippen LogP contribution >= 0.6 is 0 Å². The summed E-state index contributed by atoms with van der Waals surface area (Å²) in [5.41, 5.74) is 9.84. The molecule has 0 radical (unpaired) electrons. The molecule has 6 rings (SSSR count). The highest BCUT2D eigenvalue weighted by molar-refractivity contribution is 6.40. The Kier molecular flexibility index (Phi) is 10.6. The van der Waals surface area contributed by atoms with Crippen molar-refractivity contribution in [1.82, 2.24) is 10.3 Å². The van der Waals surface area contributed by atoms with Crippen LogP contribution < -0.4 is 21.7 Å². The lowest BCUT2D eigenvalue weighted by atomic mass is 9.95. The van der Waals surface area contributed by atoms with Gasteiger partial charge in [0, 0.05) is 29.4 Å². The summed E-state index contributed by atoms with van der Waals surface area (Å²) in [4.78, 5) is 63.8. The number of halogens is 3. The number of aliphatic carboxylic acids is 2. The summed E-state index contributed by atoms with van der Waals surface area (Å²) in [5.74, 6) is -5.22. The average molecular weight is 666 g/mol. The molecule has 1 aromatic heterocycles. The number of nitrogens with one attached hydrogen (secondary N) is 3. The zero-order valence-corrected chi connectivity index (χ0v) is 25.3. The fraction of sp³-hybridized carbons (Fsp3) is 0.212. The van der Waals surface area contributed by atoms with E-state index in [0.717, 1.165) is 21.9 Å². The number of nitrogens with two attached hydrogens (primary N) is 1. The van der Waals surface area contributed by atoms with Gasteiger partial charge in [0.2, 0.25) is 11.7 Å². The smallest absolute Gasteiger partial charge is 0.481 e. The van der Waals surface area contributed by atoms with Crippen molar-refractivity contribution >= 4 is 57.5 Å². The molecule has 3 heterocycles. The Hall–Kier alpha value is -5.99. The zero-order chi connectivity index (χ0) is 35.2. The fourth-order valence-corrected chi connectivity index (χ4v) is 5.01. The van der Waals surface area contributed by atoms with E-state index in [9.17, 15) is 37.5 Å². The summed E-state index contributed by atoms with van der Waals surface area (Å²) in [6, 6.07) is 17.5. The van der Waals surface area contributed by atoms with E-state index in [2.05, 4.69) is 20.9 Å². The number of hydrogen-bond acceptors (Lipinski definition) is 8. The first-order chi connectivity index (χ1) is 22.6. The molecule has 3 aromatic carbocycles. The molecule has 2 aliphatic heterocycles. The number of fused-ring (bicyclic) bond motifs is 10. The van der Waals surface area contributed by atoms with Gasteiger partial charge in [0.25, 0.3) is 5.91 Å². The summed E-state index contributed by atoms with van der Waals surface area (Å²) >= 11 is 0. The third kappa shape index (κ3) is 8.84. The predicted octanol–water partition coefficient (Wildman–Crippen LogP) is 4.70. The minimum absolute atomic E-state index is 0.0184. The SMILES string of the molecule is Cc1cc2ccc1CCC(=O)C(=O)Nc1cccc(c1)C(CC(=O)O)NC(=O)[C@H]2Nc1ccc2c(N)nccc2c1.O=C(O)C(F)(F)F. The summed E-state index contributed by atoms with van der Waals surface area (Å²) in [6.07, 6.45) is -3.48. The van der Waals surface area contributed by atoms with Crippen LogP contribution in [0.4, 0.5) is 30.4 Å². The number of pyridine rings is 1. The number of anilines is 3. The molecular formula is C33H30F3N5O7. The first-order valence-corrected chi connectivity index (χ1v) is 14.4. The van der Waals surface area contributed by atoms with E-state index < -0.39 is 54.2 Å². The van der Waals surface area contributed by atoms with E-state index in [1.807, 2.05) is 37.3 Å². The molecule has 2 atom stereocenters. The standard InChI is InChI=1S/C31H29N5O5.C2HF3O2/c1-17-13-21-6-5-18(17)7-10-26(37)30(40)35-22-4-2-3-20(15-22)25(16-27(38)39)36-31(41)28(21)34-23-8-9-24-19(14-23)11-12-33-29(24)32;3-2(4,5)1(6)7/h2-6,8-9,11-15,25,28,34H,7,10,16H2,1H3,(H2,32,33)(H,35,40)(H,36,41)(H,38,39);(H,6,7)/t25?,28-;/m0./s1. The van der Waals surface area contributed by atoms with Crippen LogP contribution in [0.1, 0.15) is 47.2 Å². The van der Waals surface area contributed by atoms with Crippen molar-refractivity contribution in [3.63, 3.8) is 0 Å². The van der Waals surface area contributed by atoms with Crippen LogP contribution in [0.25, 0.3) is 10.8 Å². The van der Waals surface area contributed by atoms with Gasteiger partial charge >= 0.3 is 18.1 Å². The van der Waals surface area contributed by atoms with Crippen LogP contribution in [0.15, 0.2) is 72.9 Å². The van der Waals surface area contributed by atoms with Crippen molar-refractivity contribution in [3.05, 3.63) is 95.2 Å². The van der Waals surface area contributed by atoms with Gasteiger partial charge < -0.3 is 31.9 Å². The van der Waals surface area contributed by atoms with E-state index in [0.29, 0.717) is 34.7 Å². The number of nitrogens with zero attached hydrogens (tertiary/aromatic N) is 1. The Morgan fingerprint density at radius 3 is 2.38 bits per heavy atom. The Morgan fingerprint density at radius 2 is 1.71 bits per heavy atom. The number of carbonyl (C=O) groups is 5. The van der Waals surface area contributed by atoms with Crippen LogP contribution in [0.2, 0.25) is 0 Å². The lowest BCUT2D eigenvalue weighted by molar-refractivity contribution is -0.192. The first-order valence-electron chi connectivity index (χ1n) is 14.4. The molecule has 0 saturated heterocycles. The maximum atomic E-state index is 13.9. The molecule has 0 saturated carbocycles. The van der Waals surface area contributed by atoms with Crippen LogP contribution in [0, 0.1) is 6.92 Å². The van der Waals surface area contributed by atoms with Crippen LogP contribution in [-0.2, 0) is 30.4 Å². The van der Waals surface area contributed by atoms with Crippen molar-refractivity contribution in [1.29, 1.82) is 0 Å². The first kappa shape index (κ1) is 34.9. The van der Waals surface area contributed by atoms with E-state index in [1.54, 1.807) is 42.6 Å². The summed E-state index contributed by atoms with van der Waals surface area (Å²) < 4.78 is 31.7. The summed E-state index contributed by atoms with van der Waals surface area (Å²) in [5, 5.41) is 27.2. The molecule has 48 heavy (non-hydrogen) atoms. The number of nitrogen functional groups attached to an aromatic ring is 1. The van der Waals surface area contributed by atoms with Gasteiger partial charge in [-0.05, 0) is 77.4 Å². The maximum Gasteiger partial charge on any atom is 0.490 e. The largest absolute Gasteiger partial charge is 0.490 e. The fourth-order valence-electron chi connectivity index (χ4n) is 5.01. The average Bonchev–Trinajstić information content (AvgIpc) is 3.02. The Labute approximate surface area is 271 Å². The number of carboxylic acids is 2. The van der Waals surface area contributed by atoms with Gasteiger partial charge in [-0.15, -0.1) is 0 Å². The molecule has 0 fully saturated rings. The Balaban J connectivity index is 0.000000671. The molecule has 15 heteroatoms. The highest BCUT2D eigenvalue weighted by atomic mass is 19.4. The van der Waals surface area contributed by atoms with Gasteiger partial charge in [-0.25, -0.2) is 9.78 Å². The highest BCUT2D eigenvalue weighted by Crippen LogP contribution is 2.29. The highest BCUT2D eigenvalue weighted by Gasteiger charge is 2.38. The van der Waals surface area contributed by atoms with Crippen molar-refractivity contribution in [2.24, 2.45) is 0 Å². The van der Waals surface area contributed by atoms with Crippen molar-refractivity contribution in [2.75, 3.05) is 16.4 Å². The normalized spacial score (nSPS) is 16.7. The molecule has 4 aromatic rings. The van der Waals surface area contributed by atoms with E-state index >= 15 is 0 Å². The molecule has 250 valence electrons. The molecule has 2 amide bonds. The van der Waals surface area contributed by atoms with Crippen molar-refractivity contribution in [3.8, 4) is 0 Å². The number of hydrogen-bond donors (Lipinski definition) is 6. The molecular weight excluding hydrogens is 635 g/mol. The minimum Gasteiger partial charge on any atom is -0.481 e. The number of ketones is 1. The summed E-state index contributed by atoms with van der Waals surface area (Å²) in [6.45, 7) is 1.88. The Bertz CT molecular complexity index is 1900. The van der Waals surface area contributed by atoms with Crippen LogP contribution in [0.5, 0.6) is 0 Å². The molecule has 2 aliphatic rings. The molecule has 0 spiro atoms. The topological polar surface area (TPSA) is 201 Å². The van der Waals surface area contributed by atoms with Gasteiger partial charge in [0.15, 0.2) is 0 Å². The van der Waals surface area contributed by atoms with Gasteiger partial charge in [0.05, 0.1) is 12.5 Å². The quantitative estimate of drug-likeness (QED) is 0.166. The second kappa shape index (κ2) is 14.6. The molecule has 1 unspecified atom stereocenters. The number of aromatic nitrogens is 1. The van der Waals surface area contributed by atoms with Gasteiger partial charge in [-0.1, -0.05) is 30.3 Å². The third-order valence-electron chi connectivity index (χ3n) is 7.43. The number of aryl methyl sites for hydroxylation is 2. The number of Topliss-reactive ketones (excluding diaryl/α,β-unsaturated/α-hetero) is 1. The molecule has 0 aliphatic carbocycles. The van der Waals surface area contributed by atoms with Crippen molar-refractivity contribution < 1.29 is 47.4 Å². The molecule has 12 nitrogen and oxygen atoms in total. The summed E-state index contributed by atoms with van der Waals surface area (Å²) in [7, 11) is 0. The second-order valence-electron chi connectivity index (χ2n) is 10.9. The predicted molar refractivity (Wildman–Crippen MR) is 169 cm³/mol. The number of benzene rings is 3. The molecule has 7 N–H and O–H groups in total. The second-order valence-corrected chi connectivity index (χ2v) is 10.9. The van der Waals surface area contributed by atoms with Crippen molar-refractivity contribution in [2.45, 2.75) is 44.4 Å². The number of rotatable bonds is 4. The minimum atomic E-state index is -5.08. The van der Waals surface area contributed by atoms with Crippen LogP contribution in [-0.4, -0.2) is 50.9 Å². The van der Waals surface area contributed by atoms with E-state index in [-0.39, 0.29) is 6.42 Å². The van der Waals surface area contributed by atoms with E-state index in [4.69, 9.17) is 15.6 Å². The van der Waals surface area contributed by atoms with Gasteiger partial charge in [-0.3, -0.25) is 19.2 Å². The number of carbonyl (C=O) groups excluding carboxylic acids is 3. The Morgan fingerprint density at radius 1 is 0.979 bits per heavy atom. The zero-order valence-electron chi connectivity index (χ0n) is 25.3. The number of amides is 2. The van der Waals surface area contributed by atoms with Crippen LogP contribution in [0.3, 0.4) is 0 Å². The van der Waals surface area contributed by atoms with Gasteiger partial charge in [0.1, 0.15) is 11.9 Å². The monoisotopic (exact) mass is 665 g/mol. The third-order valence-corrected chi connectivity index (χ3v) is 7.43. The van der Waals surface area contributed by atoms with E-state index in [1.165, 1.54) is 0 Å². The number of carboxylic acid groups (broad SMARTS) is 2. The molecule has 4 bridgehead atoms.